The van der Waals surface area contributed by atoms with Crippen LogP contribution in [-0.4, -0.2) is 22.7 Å². The second kappa shape index (κ2) is 11.6. The predicted octanol–water partition coefficient (Wildman–Crippen LogP) is 7.31. The number of aryl methyl sites for hydroxylation is 1. The van der Waals surface area contributed by atoms with Crippen LogP contribution in [0.4, 0.5) is 4.39 Å². The molecule has 0 fully saturated rings. The van der Waals surface area contributed by atoms with Gasteiger partial charge >= 0.3 is 0 Å². The molecule has 1 unspecified atom stereocenters. The fourth-order valence-electron chi connectivity index (χ4n) is 3.31. The van der Waals surface area contributed by atoms with Gasteiger partial charge in [0.1, 0.15) is 18.5 Å². The summed E-state index contributed by atoms with van der Waals surface area (Å²) in [4.78, 5) is 9.07. The molecule has 0 spiro atoms. The average Bonchev–Trinajstić information content (AvgIpc) is 2.81. The molecule has 0 N–H and O–H groups in total. The second-order valence-electron chi connectivity index (χ2n) is 8.40. The number of halogens is 1. The third-order valence-electron chi connectivity index (χ3n) is 5.50. The van der Waals surface area contributed by atoms with E-state index in [9.17, 15) is 4.39 Å². The Morgan fingerprint density at radius 2 is 1.45 bits per heavy atom. The molecule has 3 nitrogen and oxygen atoms in total. The van der Waals surface area contributed by atoms with Gasteiger partial charge in [0.25, 0.3) is 0 Å². The molecule has 0 radical (unpaired) electrons. The molecule has 4 heteroatoms. The van der Waals surface area contributed by atoms with Crippen molar-refractivity contribution in [2.24, 2.45) is 5.92 Å². The van der Waals surface area contributed by atoms with E-state index in [-0.39, 0.29) is 12.5 Å². The van der Waals surface area contributed by atoms with Crippen molar-refractivity contribution in [1.82, 2.24) is 9.97 Å². The Balaban J connectivity index is 1.58. The SMILES string of the molecule is CCCCCCc1ccc(-c2cnc(-c3ccc(OCC(F)C(C)C)cc3)nc2)cc1. The van der Waals surface area contributed by atoms with E-state index in [4.69, 9.17) is 4.74 Å². The van der Waals surface area contributed by atoms with E-state index in [1.165, 1.54) is 31.2 Å². The smallest absolute Gasteiger partial charge is 0.159 e. The zero-order valence-electron chi connectivity index (χ0n) is 18.9. The first kappa shape index (κ1) is 22.9. The summed E-state index contributed by atoms with van der Waals surface area (Å²) in [5, 5.41) is 0. The number of rotatable bonds is 11. The van der Waals surface area contributed by atoms with Crippen LogP contribution in [0.5, 0.6) is 5.75 Å². The molecule has 164 valence electrons. The lowest BCUT2D eigenvalue weighted by Gasteiger charge is -2.13. The van der Waals surface area contributed by atoms with Crippen molar-refractivity contribution >= 4 is 0 Å². The van der Waals surface area contributed by atoms with Gasteiger partial charge in [-0.2, -0.15) is 0 Å². The summed E-state index contributed by atoms with van der Waals surface area (Å²) in [7, 11) is 0. The molecule has 0 bridgehead atoms. The van der Waals surface area contributed by atoms with Gasteiger partial charge in [-0.25, -0.2) is 14.4 Å². The zero-order chi connectivity index (χ0) is 22.1. The monoisotopic (exact) mass is 420 g/mol. The largest absolute Gasteiger partial charge is 0.491 e. The van der Waals surface area contributed by atoms with Crippen LogP contribution in [0, 0.1) is 5.92 Å². The van der Waals surface area contributed by atoms with Gasteiger partial charge in [-0.15, -0.1) is 0 Å². The second-order valence-corrected chi connectivity index (χ2v) is 8.40. The topological polar surface area (TPSA) is 35.0 Å². The molecular formula is C27H33FN2O. The number of hydrogen-bond donors (Lipinski definition) is 0. The standard InChI is InChI=1S/C27H33FN2O/c1-4-5-6-7-8-21-9-11-22(12-10-21)24-17-29-27(30-18-24)23-13-15-25(16-14-23)31-19-26(28)20(2)3/h9-18,20,26H,4-8,19H2,1-3H3. The van der Waals surface area contributed by atoms with Gasteiger partial charge in [-0.3, -0.25) is 0 Å². The lowest BCUT2D eigenvalue weighted by molar-refractivity contribution is 0.155. The van der Waals surface area contributed by atoms with Crippen LogP contribution >= 0.6 is 0 Å². The number of unbranched alkanes of at least 4 members (excludes halogenated alkanes) is 3. The highest BCUT2D eigenvalue weighted by Crippen LogP contribution is 2.23. The predicted molar refractivity (Wildman–Crippen MR) is 126 cm³/mol. The molecular weight excluding hydrogens is 387 g/mol. The van der Waals surface area contributed by atoms with Crippen LogP contribution in [0.3, 0.4) is 0 Å². The summed E-state index contributed by atoms with van der Waals surface area (Å²) < 4.78 is 19.2. The average molecular weight is 421 g/mol. The highest BCUT2D eigenvalue weighted by Gasteiger charge is 2.12. The van der Waals surface area contributed by atoms with Gasteiger partial charge in [-0.1, -0.05) is 64.3 Å². The Kier molecular flexibility index (Phi) is 8.57. The molecule has 31 heavy (non-hydrogen) atoms. The van der Waals surface area contributed by atoms with Gasteiger partial charge in [-0.05, 0) is 54.2 Å². The molecule has 0 saturated heterocycles. The van der Waals surface area contributed by atoms with Crippen molar-refractivity contribution in [3.8, 4) is 28.3 Å². The minimum absolute atomic E-state index is 0.0480. The highest BCUT2D eigenvalue weighted by molar-refractivity contribution is 5.64. The fraction of sp³-hybridized carbons (Fsp3) is 0.407. The number of ether oxygens (including phenoxy) is 1. The summed E-state index contributed by atoms with van der Waals surface area (Å²) in [5.41, 5.74) is 4.41. The Hall–Kier alpha value is -2.75. The molecule has 0 aliphatic rings. The van der Waals surface area contributed by atoms with Crippen LogP contribution in [0.2, 0.25) is 0 Å². The number of aromatic nitrogens is 2. The summed E-state index contributed by atoms with van der Waals surface area (Å²) in [5.74, 6) is 1.26. The third kappa shape index (κ3) is 6.88. The molecule has 0 amide bonds. The summed E-state index contributed by atoms with van der Waals surface area (Å²) >= 11 is 0. The first-order valence-corrected chi connectivity index (χ1v) is 11.4. The number of hydrogen-bond acceptors (Lipinski definition) is 3. The quantitative estimate of drug-likeness (QED) is 0.305. The summed E-state index contributed by atoms with van der Waals surface area (Å²) in [6.07, 6.45) is 9.02. The van der Waals surface area contributed by atoms with Crippen molar-refractivity contribution < 1.29 is 9.13 Å². The van der Waals surface area contributed by atoms with E-state index in [0.29, 0.717) is 11.6 Å². The van der Waals surface area contributed by atoms with Gasteiger partial charge in [0.05, 0.1) is 0 Å². The Labute approximate surface area is 185 Å². The molecule has 0 aliphatic carbocycles. The van der Waals surface area contributed by atoms with E-state index < -0.39 is 6.17 Å². The van der Waals surface area contributed by atoms with Gasteiger partial charge < -0.3 is 4.74 Å². The minimum Gasteiger partial charge on any atom is -0.491 e. The highest BCUT2D eigenvalue weighted by atomic mass is 19.1. The van der Waals surface area contributed by atoms with Crippen LogP contribution in [0.25, 0.3) is 22.5 Å². The summed E-state index contributed by atoms with van der Waals surface area (Å²) in [6, 6.07) is 16.2. The molecule has 2 aromatic carbocycles. The first-order valence-electron chi connectivity index (χ1n) is 11.4. The van der Waals surface area contributed by atoms with Crippen LogP contribution < -0.4 is 4.74 Å². The molecule has 0 saturated carbocycles. The maximum Gasteiger partial charge on any atom is 0.159 e. The van der Waals surface area contributed by atoms with Crippen molar-refractivity contribution in [3.63, 3.8) is 0 Å². The Morgan fingerprint density at radius 1 is 0.806 bits per heavy atom. The van der Waals surface area contributed by atoms with Crippen molar-refractivity contribution in [2.75, 3.05) is 6.61 Å². The minimum atomic E-state index is -0.967. The zero-order valence-corrected chi connectivity index (χ0v) is 18.9. The molecule has 1 heterocycles. The molecule has 3 rings (SSSR count). The van der Waals surface area contributed by atoms with Crippen LogP contribution in [0.15, 0.2) is 60.9 Å². The van der Waals surface area contributed by atoms with Crippen LogP contribution in [-0.2, 0) is 6.42 Å². The summed E-state index contributed by atoms with van der Waals surface area (Å²) in [6.45, 7) is 6.00. The van der Waals surface area contributed by atoms with E-state index in [1.807, 2.05) is 50.5 Å². The Morgan fingerprint density at radius 3 is 2.06 bits per heavy atom. The fourth-order valence-corrected chi connectivity index (χ4v) is 3.31. The third-order valence-corrected chi connectivity index (χ3v) is 5.50. The van der Waals surface area contributed by atoms with Crippen LogP contribution in [0.1, 0.15) is 52.0 Å². The van der Waals surface area contributed by atoms with Crippen molar-refractivity contribution in [2.45, 2.75) is 59.0 Å². The Bertz CT molecular complexity index is 905. The maximum absolute atomic E-state index is 13.7. The number of benzene rings is 2. The van der Waals surface area contributed by atoms with E-state index in [1.54, 1.807) is 0 Å². The van der Waals surface area contributed by atoms with Crippen molar-refractivity contribution in [1.29, 1.82) is 0 Å². The van der Waals surface area contributed by atoms with Crippen molar-refractivity contribution in [3.05, 3.63) is 66.5 Å². The lowest BCUT2D eigenvalue weighted by Crippen LogP contribution is -2.18. The number of alkyl halides is 1. The molecule has 0 aliphatic heterocycles. The first-order chi connectivity index (χ1) is 15.1. The van der Waals surface area contributed by atoms with E-state index in [0.717, 1.165) is 23.1 Å². The molecule has 1 atom stereocenters. The lowest BCUT2D eigenvalue weighted by atomic mass is 10.0. The van der Waals surface area contributed by atoms with Gasteiger partial charge in [0, 0.05) is 23.5 Å². The van der Waals surface area contributed by atoms with Gasteiger partial charge in [0.15, 0.2) is 5.82 Å². The van der Waals surface area contributed by atoms with Gasteiger partial charge in [0.2, 0.25) is 0 Å². The van der Waals surface area contributed by atoms with E-state index in [2.05, 4.69) is 41.2 Å². The molecule has 3 aromatic rings. The normalized spacial score (nSPS) is 12.2. The number of nitrogens with zero attached hydrogens (tertiary/aromatic N) is 2. The molecule has 1 aromatic heterocycles. The maximum atomic E-state index is 13.7. The van der Waals surface area contributed by atoms with E-state index >= 15 is 0 Å².